The summed E-state index contributed by atoms with van der Waals surface area (Å²) in [6.45, 7) is 3.57. The Hall–Kier alpha value is -3.80. The molecule has 2 aromatic carbocycles. The maximum atomic E-state index is 13.6. The first kappa shape index (κ1) is 27.2. The van der Waals surface area contributed by atoms with Crippen molar-refractivity contribution in [2.75, 3.05) is 10.6 Å². The van der Waals surface area contributed by atoms with Gasteiger partial charge in [-0.2, -0.15) is 13.2 Å². The Kier molecular flexibility index (Phi) is 7.04. The Morgan fingerprint density at radius 2 is 1.63 bits per heavy atom. The van der Waals surface area contributed by atoms with E-state index in [0.717, 1.165) is 36.4 Å². The highest BCUT2D eigenvalue weighted by molar-refractivity contribution is 6.00. The van der Waals surface area contributed by atoms with Crippen LogP contribution in [-0.4, -0.2) is 23.3 Å². The monoisotopic (exact) mass is 538 g/mol. The van der Waals surface area contributed by atoms with Crippen LogP contribution in [0.15, 0.2) is 66.7 Å². The molecule has 0 radical (unpaired) electrons. The van der Waals surface area contributed by atoms with Crippen molar-refractivity contribution in [1.29, 1.82) is 0 Å². The second kappa shape index (κ2) is 9.82. The van der Waals surface area contributed by atoms with Crippen LogP contribution < -0.4 is 20.7 Å². The highest BCUT2D eigenvalue weighted by atomic mass is 19.4. The maximum Gasteiger partial charge on any atom is 0.573 e. The zero-order valence-electron chi connectivity index (χ0n) is 20.3. The molecule has 12 heteroatoms. The van der Waals surface area contributed by atoms with Crippen molar-refractivity contribution < 1.29 is 35.9 Å². The van der Waals surface area contributed by atoms with Crippen LogP contribution in [0.1, 0.15) is 43.1 Å². The fraction of sp³-hybridized carbons (Fsp3) is 0.308. The van der Waals surface area contributed by atoms with E-state index in [0.29, 0.717) is 11.3 Å². The van der Waals surface area contributed by atoms with Gasteiger partial charge in [-0.1, -0.05) is 18.2 Å². The Balaban J connectivity index is 1.71. The van der Waals surface area contributed by atoms with Crippen molar-refractivity contribution in [3.05, 3.63) is 83.6 Å². The summed E-state index contributed by atoms with van der Waals surface area (Å²) in [5.74, 6) is -0.662. The minimum Gasteiger partial charge on any atom is -0.406 e. The highest BCUT2D eigenvalue weighted by Crippen LogP contribution is 2.41. The summed E-state index contributed by atoms with van der Waals surface area (Å²) in [7, 11) is 0. The minimum absolute atomic E-state index is 0.112. The standard InChI is InChI=1S/C26H24F6N4O2/c1-24(2,21-7-4-8-22(33)34-21)35-19-14-20(15-5-3-6-18(13-15)38-26(30,31)32)36(23(19)37)17-11-9-16(10-12-17)25(27,28)29/h3-13,19-20,35H,14H2,1-2H3,(H2,33,34)/t19-,20-/m1/s1. The quantitative estimate of drug-likeness (QED) is 0.379. The molecule has 3 N–H and O–H groups in total. The SMILES string of the molecule is CC(C)(N[C@@H]1C[C@H](c2cccc(OC(F)(F)F)c2)N(c2ccc(C(F)(F)F)cc2)C1=O)c1cccc(N)n1. The van der Waals surface area contributed by atoms with Crippen LogP contribution >= 0.6 is 0 Å². The molecule has 4 rings (SSSR count). The number of rotatable bonds is 6. The number of pyridine rings is 1. The molecule has 6 nitrogen and oxygen atoms in total. The number of carbonyl (C=O) groups is 1. The van der Waals surface area contributed by atoms with E-state index >= 15 is 0 Å². The zero-order chi connectivity index (χ0) is 27.9. The number of hydrogen-bond donors (Lipinski definition) is 2. The Labute approximate surface area is 214 Å². The van der Waals surface area contributed by atoms with Crippen molar-refractivity contribution in [2.24, 2.45) is 0 Å². The lowest BCUT2D eigenvalue weighted by atomic mass is 9.96. The summed E-state index contributed by atoms with van der Waals surface area (Å²) in [6.07, 6.45) is -9.38. The zero-order valence-corrected chi connectivity index (χ0v) is 20.3. The average molecular weight is 538 g/mol. The molecule has 2 heterocycles. The van der Waals surface area contributed by atoms with Gasteiger partial charge in [0.25, 0.3) is 0 Å². The number of nitrogens with two attached hydrogens (primary N) is 1. The van der Waals surface area contributed by atoms with Gasteiger partial charge < -0.3 is 15.4 Å². The van der Waals surface area contributed by atoms with Crippen LogP contribution in [0.2, 0.25) is 0 Å². The number of nitrogens with one attached hydrogen (secondary N) is 1. The third kappa shape index (κ3) is 6.01. The molecule has 202 valence electrons. The van der Waals surface area contributed by atoms with Gasteiger partial charge in [-0.05, 0) is 74.4 Å². The van der Waals surface area contributed by atoms with Gasteiger partial charge in [0, 0.05) is 5.69 Å². The van der Waals surface area contributed by atoms with Gasteiger partial charge >= 0.3 is 12.5 Å². The maximum absolute atomic E-state index is 13.6. The summed E-state index contributed by atoms with van der Waals surface area (Å²) >= 11 is 0. The van der Waals surface area contributed by atoms with Gasteiger partial charge in [-0.15, -0.1) is 13.2 Å². The molecular weight excluding hydrogens is 514 g/mol. The van der Waals surface area contributed by atoms with E-state index in [2.05, 4.69) is 15.0 Å². The molecule has 0 saturated carbocycles. The van der Waals surface area contributed by atoms with Crippen molar-refractivity contribution >= 4 is 17.4 Å². The van der Waals surface area contributed by atoms with Crippen LogP contribution in [0.4, 0.5) is 37.8 Å². The van der Waals surface area contributed by atoms with E-state index in [1.165, 1.54) is 17.0 Å². The fourth-order valence-corrected chi connectivity index (χ4v) is 4.50. The number of nitrogens with zero attached hydrogens (tertiary/aromatic N) is 2. The Morgan fingerprint density at radius 3 is 2.24 bits per heavy atom. The Bertz CT molecular complexity index is 1310. The van der Waals surface area contributed by atoms with E-state index in [4.69, 9.17) is 5.73 Å². The normalized spacial score (nSPS) is 18.6. The third-order valence-corrected chi connectivity index (χ3v) is 6.20. The molecule has 3 aromatic rings. The largest absolute Gasteiger partial charge is 0.573 e. The molecule has 1 aliphatic heterocycles. The lowest BCUT2D eigenvalue weighted by Crippen LogP contribution is -2.48. The summed E-state index contributed by atoms with van der Waals surface area (Å²) in [6, 6.07) is 12.6. The van der Waals surface area contributed by atoms with E-state index in [1.54, 1.807) is 32.0 Å². The van der Waals surface area contributed by atoms with Crippen molar-refractivity contribution in [1.82, 2.24) is 10.3 Å². The smallest absolute Gasteiger partial charge is 0.406 e. The first-order valence-corrected chi connectivity index (χ1v) is 11.5. The minimum atomic E-state index is -4.92. The molecule has 2 atom stereocenters. The molecule has 1 aromatic heterocycles. The molecule has 0 unspecified atom stereocenters. The number of halogens is 6. The van der Waals surface area contributed by atoms with Crippen LogP contribution in [0.5, 0.6) is 5.75 Å². The first-order valence-electron chi connectivity index (χ1n) is 11.5. The number of ether oxygens (including phenoxy) is 1. The molecule has 0 spiro atoms. The highest BCUT2D eigenvalue weighted by Gasteiger charge is 2.44. The van der Waals surface area contributed by atoms with Gasteiger partial charge in [-0.25, -0.2) is 4.98 Å². The molecule has 1 saturated heterocycles. The predicted octanol–water partition coefficient (Wildman–Crippen LogP) is 5.95. The van der Waals surface area contributed by atoms with Gasteiger partial charge in [0.1, 0.15) is 11.6 Å². The third-order valence-electron chi connectivity index (χ3n) is 6.20. The number of amides is 1. The second-order valence-corrected chi connectivity index (χ2v) is 9.39. The summed E-state index contributed by atoms with van der Waals surface area (Å²) in [4.78, 5) is 19.2. The number of alkyl halides is 6. The van der Waals surface area contributed by atoms with Gasteiger partial charge in [0.05, 0.1) is 28.9 Å². The molecular formula is C26H24F6N4O2. The fourth-order valence-electron chi connectivity index (χ4n) is 4.50. The van der Waals surface area contributed by atoms with Crippen molar-refractivity contribution in [2.45, 2.75) is 50.4 Å². The Morgan fingerprint density at radius 1 is 0.974 bits per heavy atom. The summed E-state index contributed by atoms with van der Waals surface area (Å²) < 4.78 is 81.9. The number of aromatic nitrogens is 1. The molecule has 1 amide bonds. The molecule has 38 heavy (non-hydrogen) atoms. The summed E-state index contributed by atoms with van der Waals surface area (Å²) in [5.41, 5.74) is 5.10. The van der Waals surface area contributed by atoms with E-state index < -0.39 is 47.4 Å². The first-order chi connectivity index (χ1) is 17.6. The van der Waals surface area contributed by atoms with Crippen LogP contribution in [0, 0.1) is 0 Å². The predicted molar refractivity (Wildman–Crippen MR) is 128 cm³/mol. The number of carbonyl (C=O) groups excluding carboxylic acids is 1. The molecule has 0 bridgehead atoms. The van der Waals surface area contributed by atoms with Crippen molar-refractivity contribution in [3.63, 3.8) is 0 Å². The van der Waals surface area contributed by atoms with Crippen molar-refractivity contribution in [3.8, 4) is 5.75 Å². The van der Waals surface area contributed by atoms with Gasteiger partial charge in [0.2, 0.25) is 5.91 Å². The lowest BCUT2D eigenvalue weighted by molar-refractivity contribution is -0.274. The molecule has 1 aliphatic rings. The van der Waals surface area contributed by atoms with E-state index in [-0.39, 0.29) is 17.9 Å². The van der Waals surface area contributed by atoms with E-state index in [9.17, 15) is 31.1 Å². The molecule has 1 fully saturated rings. The average Bonchev–Trinajstić information content (AvgIpc) is 3.13. The lowest BCUT2D eigenvalue weighted by Gasteiger charge is -2.29. The van der Waals surface area contributed by atoms with Crippen LogP contribution in [0.25, 0.3) is 0 Å². The number of nitrogen functional groups attached to an aromatic ring is 1. The number of anilines is 2. The van der Waals surface area contributed by atoms with Gasteiger partial charge in [0.15, 0.2) is 0 Å². The van der Waals surface area contributed by atoms with Crippen LogP contribution in [-0.2, 0) is 16.5 Å². The number of hydrogen-bond acceptors (Lipinski definition) is 5. The molecule has 0 aliphatic carbocycles. The summed E-state index contributed by atoms with van der Waals surface area (Å²) in [5, 5.41) is 3.24. The second-order valence-electron chi connectivity index (χ2n) is 9.39. The van der Waals surface area contributed by atoms with Gasteiger partial charge in [-0.3, -0.25) is 10.1 Å². The topological polar surface area (TPSA) is 80.5 Å². The van der Waals surface area contributed by atoms with E-state index in [1.807, 2.05) is 0 Å². The van der Waals surface area contributed by atoms with Crippen LogP contribution in [0.3, 0.4) is 0 Å². The number of benzene rings is 2.